The number of amidine groups is 1. The van der Waals surface area contributed by atoms with E-state index in [2.05, 4.69) is 15.4 Å². The van der Waals surface area contributed by atoms with E-state index >= 15 is 0 Å². The number of halogens is 2. The maximum atomic E-state index is 14.6. The number of para-hydroxylation sites is 1. The van der Waals surface area contributed by atoms with Gasteiger partial charge in [-0.15, -0.1) is 5.10 Å². The van der Waals surface area contributed by atoms with Crippen molar-refractivity contribution in [1.29, 1.82) is 0 Å². The highest BCUT2D eigenvalue weighted by atomic mass is 35.5. The summed E-state index contributed by atoms with van der Waals surface area (Å²) in [4.78, 5) is 17.5. The maximum Gasteiger partial charge on any atom is 0.276 e. The number of rotatable bonds is 3. The van der Waals surface area contributed by atoms with Crippen LogP contribution in [0.4, 0.5) is 4.39 Å². The zero-order chi connectivity index (χ0) is 19.0. The molecule has 0 saturated heterocycles. The fraction of sp³-hybridized carbons (Fsp3) is 0.211. The normalized spacial score (nSPS) is 18.3. The summed E-state index contributed by atoms with van der Waals surface area (Å²) in [5.41, 5.74) is 0.537. The largest absolute Gasteiger partial charge is 0.298 e. The van der Waals surface area contributed by atoms with Crippen LogP contribution in [0.2, 0.25) is 5.02 Å². The van der Waals surface area contributed by atoms with Crippen molar-refractivity contribution in [2.75, 3.05) is 5.75 Å². The molecule has 1 N–H and O–H groups in total. The number of nitrogens with one attached hydrogen (secondary N) is 1. The van der Waals surface area contributed by atoms with Crippen molar-refractivity contribution in [3.05, 3.63) is 69.4 Å². The van der Waals surface area contributed by atoms with E-state index in [1.807, 2.05) is 19.1 Å². The highest BCUT2D eigenvalue weighted by Crippen LogP contribution is 2.35. The van der Waals surface area contributed by atoms with Gasteiger partial charge in [-0.05, 0) is 24.6 Å². The van der Waals surface area contributed by atoms with Crippen LogP contribution in [0.25, 0.3) is 5.70 Å². The van der Waals surface area contributed by atoms with Gasteiger partial charge in [-0.2, -0.15) is 0 Å². The molecular weight excluding hydrogens is 387 g/mol. The second-order valence-electron chi connectivity index (χ2n) is 6.06. The summed E-state index contributed by atoms with van der Waals surface area (Å²) >= 11 is 7.73. The Hall–Kier alpha value is -2.38. The van der Waals surface area contributed by atoms with Gasteiger partial charge in [0.05, 0.1) is 15.9 Å². The molecule has 0 bridgehead atoms. The van der Waals surface area contributed by atoms with Crippen molar-refractivity contribution in [3.8, 4) is 0 Å². The molecule has 0 spiro atoms. The minimum atomic E-state index is -0.855. The molecule has 2 heterocycles. The third-order valence-corrected chi connectivity index (χ3v) is 5.62. The van der Waals surface area contributed by atoms with Gasteiger partial charge >= 0.3 is 0 Å². The van der Waals surface area contributed by atoms with E-state index in [-0.39, 0.29) is 16.5 Å². The lowest BCUT2D eigenvalue weighted by atomic mass is 10.1. The Morgan fingerprint density at radius 1 is 1.26 bits per heavy atom. The number of hydrazone groups is 1. The third-order valence-electron chi connectivity index (χ3n) is 4.22. The molecule has 138 valence electrons. The number of benzene rings is 2. The van der Waals surface area contributed by atoms with Gasteiger partial charge in [0.1, 0.15) is 11.5 Å². The highest BCUT2D eigenvalue weighted by molar-refractivity contribution is 8.13. The summed E-state index contributed by atoms with van der Waals surface area (Å²) in [7, 11) is 0. The Labute approximate surface area is 164 Å². The number of hydrogen-bond acceptors (Lipinski definition) is 5. The first-order chi connectivity index (χ1) is 13.1. The van der Waals surface area contributed by atoms with E-state index in [9.17, 15) is 9.18 Å². The topological polar surface area (TPSA) is 57.1 Å². The zero-order valence-electron chi connectivity index (χ0n) is 14.4. The van der Waals surface area contributed by atoms with Gasteiger partial charge in [0.25, 0.3) is 5.91 Å². The van der Waals surface area contributed by atoms with Crippen LogP contribution in [0.5, 0.6) is 0 Å². The number of thioether (sulfide) groups is 1. The number of fused-ring (bicyclic) bond motifs is 2. The van der Waals surface area contributed by atoms with Crippen molar-refractivity contribution in [1.82, 2.24) is 10.3 Å². The lowest BCUT2D eigenvalue weighted by Crippen LogP contribution is -2.50. The Morgan fingerprint density at radius 3 is 2.85 bits per heavy atom. The number of carbonyl (C=O) groups is 1. The minimum Gasteiger partial charge on any atom is -0.298 e. The second kappa shape index (κ2) is 7.32. The van der Waals surface area contributed by atoms with E-state index in [0.29, 0.717) is 21.4 Å². The Morgan fingerprint density at radius 2 is 2.07 bits per heavy atom. The van der Waals surface area contributed by atoms with Crippen LogP contribution in [0.15, 0.2) is 52.6 Å². The van der Waals surface area contributed by atoms with Gasteiger partial charge in [-0.25, -0.2) is 9.40 Å². The summed E-state index contributed by atoms with van der Waals surface area (Å²) in [6, 6.07) is 11.7. The van der Waals surface area contributed by atoms with E-state index in [0.717, 1.165) is 12.2 Å². The molecule has 0 aromatic heterocycles. The lowest BCUT2D eigenvalue weighted by Gasteiger charge is -2.34. The summed E-state index contributed by atoms with van der Waals surface area (Å²) in [5.74, 6) is 0.0311. The Bertz CT molecular complexity index is 1050. The molecule has 5 nitrogen and oxygen atoms in total. The SMILES string of the molecule is CCCSC1=NN2C(=c3ccccc3=NC2c2c(F)cccc2Cl)C(=O)N1. The molecule has 2 aromatic carbocycles. The Kier molecular flexibility index (Phi) is 4.88. The standard InChI is InChI=1S/C19H16ClFN4OS/c1-2-10-27-19-23-18(26)16-11-6-3-4-9-14(11)22-17(25(16)24-19)15-12(20)7-5-8-13(15)21/h3-9,17H,2,10H2,1H3,(H,23,24,26). The molecule has 2 aromatic rings. The first kappa shape index (κ1) is 18.0. The predicted molar refractivity (Wildman–Crippen MR) is 105 cm³/mol. The molecule has 27 heavy (non-hydrogen) atoms. The summed E-state index contributed by atoms with van der Waals surface area (Å²) < 4.78 is 14.6. The number of hydrogen-bond donors (Lipinski definition) is 1. The molecule has 0 radical (unpaired) electrons. The molecule has 0 fully saturated rings. The zero-order valence-corrected chi connectivity index (χ0v) is 16.0. The van der Waals surface area contributed by atoms with Crippen LogP contribution >= 0.6 is 23.4 Å². The number of nitrogens with zero attached hydrogens (tertiary/aromatic N) is 3. The molecule has 0 saturated carbocycles. The predicted octanol–water partition coefficient (Wildman–Crippen LogP) is 2.77. The van der Waals surface area contributed by atoms with E-state index < -0.39 is 12.0 Å². The lowest BCUT2D eigenvalue weighted by molar-refractivity contribution is -0.116. The van der Waals surface area contributed by atoms with Gasteiger partial charge in [-0.1, -0.05) is 54.6 Å². The van der Waals surface area contributed by atoms with Crippen LogP contribution in [-0.4, -0.2) is 21.8 Å². The first-order valence-electron chi connectivity index (χ1n) is 8.53. The van der Waals surface area contributed by atoms with Gasteiger partial charge in [0, 0.05) is 11.0 Å². The van der Waals surface area contributed by atoms with Crippen LogP contribution in [0, 0.1) is 5.82 Å². The average Bonchev–Trinajstić information content (AvgIpc) is 2.66. The van der Waals surface area contributed by atoms with Crippen molar-refractivity contribution >= 4 is 40.1 Å². The van der Waals surface area contributed by atoms with Crippen molar-refractivity contribution in [3.63, 3.8) is 0 Å². The molecule has 4 rings (SSSR count). The second-order valence-corrected chi connectivity index (χ2v) is 7.55. The fourth-order valence-corrected chi connectivity index (χ4v) is 4.01. The summed E-state index contributed by atoms with van der Waals surface area (Å²) in [6.07, 6.45) is 0.0817. The molecule has 1 amide bonds. The van der Waals surface area contributed by atoms with E-state index in [1.165, 1.54) is 28.9 Å². The monoisotopic (exact) mass is 402 g/mol. The third kappa shape index (κ3) is 3.21. The smallest absolute Gasteiger partial charge is 0.276 e. The van der Waals surface area contributed by atoms with Crippen molar-refractivity contribution < 1.29 is 9.18 Å². The fourth-order valence-electron chi connectivity index (χ4n) is 3.04. The van der Waals surface area contributed by atoms with Gasteiger partial charge in [0.15, 0.2) is 11.3 Å². The molecule has 8 heteroatoms. The maximum absolute atomic E-state index is 14.6. The van der Waals surface area contributed by atoms with Crippen LogP contribution in [0.3, 0.4) is 0 Å². The van der Waals surface area contributed by atoms with E-state index in [4.69, 9.17) is 11.6 Å². The van der Waals surface area contributed by atoms with Crippen molar-refractivity contribution in [2.24, 2.45) is 10.1 Å². The Balaban J connectivity index is 1.95. The van der Waals surface area contributed by atoms with Gasteiger partial charge in [-0.3, -0.25) is 15.1 Å². The first-order valence-corrected chi connectivity index (χ1v) is 9.89. The molecule has 2 aliphatic rings. The number of carbonyl (C=O) groups excluding carboxylic acids is 1. The quantitative estimate of drug-likeness (QED) is 0.858. The molecular formula is C19H16ClFN4OS. The molecule has 1 atom stereocenters. The highest BCUT2D eigenvalue weighted by Gasteiger charge is 2.36. The van der Waals surface area contributed by atoms with Gasteiger partial charge in [0.2, 0.25) is 0 Å². The molecule has 1 unspecified atom stereocenters. The van der Waals surface area contributed by atoms with E-state index in [1.54, 1.807) is 18.2 Å². The summed E-state index contributed by atoms with van der Waals surface area (Å²) in [6.45, 7) is 2.05. The van der Waals surface area contributed by atoms with Gasteiger partial charge < -0.3 is 0 Å². The minimum absolute atomic E-state index is 0.199. The van der Waals surface area contributed by atoms with Crippen molar-refractivity contribution in [2.45, 2.75) is 19.5 Å². The molecule has 2 aliphatic heterocycles. The van der Waals surface area contributed by atoms with Crippen LogP contribution < -0.4 is 15.9 Å². The summed E-state index contributed by atoms with van der Waals surface area (Å²) in [5, 5.41) is 10.8. The molecule has 0 aliphatic carbocycles. The average molecular weight is 403 g/mol. The van der Waals surface area contributed by atoms with Crippen LogP contribution in [0.1, 0.15) is 25.1 Å². The van der Waals surface area contributed by atoms with Crippen LogP contribution in [-0.2, 0) is 4.79 Å². The number of amides is 1.